The van der Waals surface area contributed by atoms with E-state index in [4.69, 9.17) is 0 Å². The summed E-state index contributed by atoms with van der Waals surface area (Å²) in [5, 5.41) is 8.38. The first-order valence-electron chi connectivity index (χ1n) is 11.5. The van der Waals surface area contributed by atoms with Gasteiger partial charge in [-0.1, -0.05) is 49.6 Å². The number of carbonyl (C=O) groups is 2. The molecule has 30 heavy (non-hydrogen) atoms. The molecule has 4 rings (SSSR count). The molecular formula is C25H33N3O2. The SMILES string of the molecule is CCNC(=O)C1CC(NC(=O)c2ccc3ccccc3c2)CN1CC1CCCCC1. The summed E-state index contributed by atoms with van der Waals surface area (Å²) in [5.74, 6) is 0.710. The van der Waals surface area contributed by atoms with Crippen molar-refractivity contribution < 1.29 is 9.59 Å². The Balaban J connectivity index is 1.43. The van der Waals surface area contributed by atoms with Crippen molar-refractivity contribution in [2.24, 2.45) is 5.92 Å². The minimum atomic E-state index is -0.145. The first-order valence-corrected chi connectivity index (χ1v) is 11.5. The molecule has 2 aromatic carbocycles. The Morgan fingerprint density at radius 3 is 2.57 bits per heavy atom. The molecule has 0 aromatic heterocycles. The summed E-state index contributed by atoms with van der Waals surface area (Å²) in [6.07, 6.45) is 7.12. The standard InChI is InChI=1S/C25H33N3O2/c1-2-26-25(30)23-15-22(17-28(23)16-18-8-4-3-5-9-18)27-24(29)21-13-12-19-10-6-7-11-20(19)14-21/h6-7,10-14,18,22-23H,2-5,8-9,15-17H2,1H3,(H,26,30)(H,27,29). The highest BCUT2D eigenvalue weighted by atomic mass is 16.2. The molecule has 2 aromatic rings. The molecule has 1 heterocycles. The van der Waals surface area contributed by atoms with Crippen LogP contribution in [0.15, 0.2) is 42.5 Å². The van der Waals surface area contributed by atoms with E-state index in [0.717, 1.165) is 23.9 Å². The molecule has 0 bridgehead atoms. The Kier molecular flexibility index (Phi) is 6.68. The van der Waals surface area contributed by atoms with Crippen molar-refractivity contribution in [1.82, 2.24) is 15.5 Å². The number of hydrogen-bond donors (Lipinski definition) is 2. The van der Waals surface area contributed by atoms with Gasteiger partial charge < -0.3 is 10.6 Å². The van der Waals surface area contributed by atoms with Crippen LogP contribution in [0.25, 0.3) is 10.8 Å². The molecule has 0 spiro atoms. The lowest BCUT2D eigenvalue weighted by Gasteiger charge is -2.30. The highest BCUT2D eigenvalue weighted by Gasteiger charge is 2.38. The van der Waals surface area contributed by atoms with E-state index in [9.17, 15) is 9.59 Å². The topological polar surface area (TPSA) is 61.4 Å². The molecule has 2 fully saturated rings. The Hall–Kier alpha value is -2.40. The molecular weight excluding hydrogens is 374 g/mol. The van der Waals surface area contributed by atoms with E-state index in [2.05, 4.69) is 15.5 Å². The van der Waals surface area contributed by atoms with Gasteiger partial charge in [0, 0.05) is 31.2 Å². The molecule has 5 nitrogen and oxygen atoms in total. The number of nitrogens with one attached hydrogen (secondary N) is 2. The van der Waals surface area contributed by atoms with Crippen LogP contribution in [-0.4, -0.2) is 48.4 Å². The van der Waals surface area contributed by atoms with Gasteiger partial charge in [0.25, 0.3) is 5.91 Å². The molecule has 2 N–H and O–H groups in total. The number of nitrogens with zero attached hydrogens (tertiary/aromatic N) is 1. The van der Waals surface area contributed by atoms with Crippen molar-refractivity contribution in [2.75, 3.05) is 19.6 Å². The van der Waals surface area contributed by atoms with Crippen molar-refractivity contribution in [1.29, 1.82) is 0 Å². The number of fused-ring (bicyclic) bond motifs is 1. The van der Waals surface area contributed by atoms with Crippen LogP contribution in [0.4, 0.5) is 0 Å². The van der Waals surface area contributed by atoms with Crippen LogP contribution >= 0.6 is 0 Å². The second-order valence-corrected chi connectivity index (χ2v) is 8.84. The summed E-state index contributed by atoms with van der Waals surface area (Å²) in [7, 11) is 0. The normalized spacial score (nSPS) is 22.8. The van der Waals surface area contributed by atoms with Gasteiger partial charge in [-0.25, -0.2) is 0 Å². The van der Waals surface area contributed by atoms with E-state index in [1.807, 2.05) is 49.4 Å². The van der Waals surface area contributed by atoms with Crippen LogP contribution in [0.1, 0.15) is 55.8 Å². The number of hydrogen-bond acceptors (Lipinski definition) is 3. The molecule has 0 radical (unpaired) electrons. The van der Waals surface area contributed by atoms with Gasteiger partial charge in [0.05, 0.1) is 6.04 Å². The molecule has 2 amide bonds. The van der Waals surface area contributed by atoms with Gasteiger partial charge in [0.15, 0.2) is 0 Å². The van der Waals surface area contributed by atoms with Crippen LogP contribution in [-0.2, 0) is 4.79 Å². The zero-order valence-electron chi connectivity index (χ0n) is 17.9. The molecule has 160 valence electrons. The van der Waals surface area contributed by atoms with Crippen molar-refractivity contribution in [3.05, 3.63) is 48.0 Å². The molecule has 1 aliphatic carbocycles. The summed E-state index contributed by atoms with van der Waals surface area (Å²) >= 11 is 0. The van der Waals surface area contributed by atoms with Crippen molar-refractivity contribution in [3.63, 3.8) is 0 Å². The van der Waals surface area contributed by atoms with Crippen LogP contribution < -0.4 is 10.6 Å². The fourth-order valence-electron chi connectivity index (χ4n) is 5.08. The highest BCUT2D eigenvalue weighted by molar-refractivity contribution is 5.98. The van der Waals surface area contributed by atoms with Crippen LogP contribution in [0, 0.1) is 5.92 Å². The Bertz CT molecular complexity index is 891. The van der Waals surface area contributed by atoms with Crippen LogP contribution in [0.5, 0.6) is 0 Å². The lowest BCUT2D eigenvalue weighted by molar-refractivity contribution is -0.125. The van der Waals surface area contributed by atoms with Gasteiger partial charge in [0.2, 0.25) is 5.91 Å². The summed E-state index contributed by atoms with van der Waals surface area (Å²) in [5.41, 5.74) is 0.675. The Morgan fingerprint density at radius 2 is 1.80 bits per heavy atom. The Morgan fingerprint density at radius 1 is 1.03 bits per heavy atom. The summed E-state index contributed by atoms with van der Waals surface area (Å²) in [6, 6.07) is 13.7. The van der Waals surface area contributed by atoms with Crippen molar-refractivity contribution in [2.45, 2.75) is 57.5 Å². The molecule has 1 aliphatic heterocycles. The second kappa shape index (κ2) is 9.61. The van der Waals surface area contributed by atoms with Gasteiger partial charge in [0.1, 0.15) is 0 Å². The minimum absolute atomic E-state index is 0.000155. The Labute approximate surface area is 179 Å². The largest absolute Gasteiger partial charge is 0.355 e. The van der Waals surface area contributed by atoms with Crippen LogP contribution in [0.3, 0.4) is 0 Å². The molecule has 5 heteroatoms. The van der Waals surface area contributed by atoms with E-state index in [-0.39, 0.29) is 23.9 Å². The number of carbonyl (C=O) groups excluding carboxylic acids is 2. The third-order valence-corrected chi connectivity index (χ3v) is 6.62. The monoisotopic (exact) mass is 407 g/mol. The maximum atomic E-state index is 12.9. The zero-order valence-corrected chi connectivity index (χ0v) is 17.9. The lowest BCUT2D eigenvalue weighted by atomic mass is 9.89. The molecule has 1 saturated heterocycles. The third-order valence-electron chi connectivity index (χ3n) is 6.62. The lowest BCUT2D eigenvalue weighted by Crippen LogP contribution is -2.45. The van der Waals surface area contributed by atoms with Gasteiger partial charge >= 0.3 is 0 Å². The number of amides is 2. The third kappa shape index (κ3) is 4.84. The van der Waals surface area contributed by atoms with Gasteiger partial charge in [-0.05, 0) is 55.0 Å². The van der Waals surface area contributed by atoms with Gasteiger partial charge in [-0.15, -0.1) is 0 Å². The predicted octanol–water partition coefficient (Wildman–Crippen LogP) is 3.73. The van der Waals surface area contributed by atoms with Crippen LogP contribution in [0.2, 0.25) is 0 Å². The number of benzene rings is 2. The van der Waals surface area contributed by atoms with E-state index < -0.39 is 0 Å². The van der Waals surface area contributed by atoms with Crippen molar-refractivity contribution >= 4 is 22.6 Å². The number of rotatable bonds is 6. The van der Waals surface area contributed by atoms with Crippen molar-refractivity contribution in [3.8, 4) is 0 Å². The van der Waals surface area contributed by atoms with E-state index in [1.54, 1.807) is 0 Å². The quantitative estimate of drug-likeness (QED) is 0.767. The first-order chi connectivity index (χ1) is 14.6. The van der Waals surface area contributed by atoms with Gasteiger partial charge in [-0.2, -0.15) is 0 Å². The summed E-state index contributed by atoms with van der Waals surface area (Å²) < 4.78 is 0. The summed E-state index contributed by atoms with van der Waals surface area (Å²) in [4.78, 5) is 27.9. The van der Waals surface area contributed by atoms with Gasteiger partial charge in [-0.3, -0.25) is 14.5 Å². The maximum Gasteiger partial charge on any atom is 0.251 e. The fraction of sp³-hybridized carbons (Fsp3) is 0.520. The van der Waals surface area contributed by atoms with E-state index in [1.165, 1.54) is 32.1 Å². The van der Waals surface area contributed by atoms with E-state index >= 15 is 0 Å². The first kappa shape index (κ1) is 20.9. The minimum Gasteiger partial charge on any atom is -0.355 e. The second-order valence-electron chi connectivity index (χ2n) is 8.84. The average molecular weight is 408 g/mol. The fourth-order valence-corrected chi connectivity index (χ4v) is 5.08. The smallest absolute Gasteiger partial charge is 0.251 e. The zero-order chi connectivity index (χ0) is 20.9. The average Bonchev–Trinajstić information content (AvgIpc) is 3.16. The van der Waals surface area contributed by atoms with E-state index in [0.29, 0.717) is 24.4 Å². The molecule has 1 saturated carbocycles. The predicted molar refractivity (Wildman–Crippen MR) is 120 cm³/mol. The number of likely N-dealkylation sites (tertiary alicyclic amines) is 1. The molecule has 2 atom stereocenters. The molecule has 2 aliphatic rings. The summed E-state index contributed by atoms with van der Waals surface area (Å²) in [6.45, 7) is 4.31. The maximum absolute atomic E-state index is 12.9. The molecule has 2 unspecified atom stereocenters. The number of likely N-dealkylation sites (N-methyl/N-ethyl adjacent to an activating group) is 1. The highest BCUT2D eigenvalue weighted by Crippen LogP contribution is 2.28.